The minimum Gasteiger partial charge on any atom is -0.394 e. The summed E-state index contributed by atoms with van der Waals surface area (Å²) in [6, 6.07) is 4.29. The zero-order valence-electron chi connectivity index (χ0n) is 44.6. The van der Waals surface area contributed by atoms with Crippen molar-refractivity contribution in [2.24, 2.45) is 29.0 Å². The summed E-state index contributed by atoms with van der Waals surface area (Å²) in [4.78, 5) is 104. The standard InChI is InChI=1S/C38H61N7O7S2.C11H22N2O6.CH5N/c1-5-27(4)34(35(39)49)43-36(50)31(23-26(2)3)42-37(51)38(13-19-52-20-14-38)44-33(48)12-22-54-25-30-8-6-7-29(40-30)24-53-21-11-32(47)41-28-9-15-45(16-10-28)17-18-46;12-9(17)2-1-3-10(18)13-5-4-7(15)11(19)8(16)6-14;1-2/h6-8,18,26-28,31,34H,5,9-17,19-25H2,1-4H3,(H2,39,49)(H,41,47)(H,42,51)(H,43,50)(H,44,48);7-8,11,14-16,19H,1-6H2,(H2,12,17)(H,13,18);2H2,1H3/t27-,31-,34-;7-,8-,11+;/m01./s1. The molecule has 25 heteroatoms. The molecule has 6 atom stereocenters. The highest BCUT2D eigenvalue weighted by molar-refractivity contribution is 7.98. The van der Waals surface area contributed by atoms with Crippen molar-refractivity contribution >= 4 is 71.2 Å². The lowest BCUT2D eigenvalue weighted by atomic mass is 9.87. The van der Waals surface area contributed by atoms with E-state index in [0.717, 1.165) is 43.6 Å². The zero-order valence-corrected chi connectivity index (χ0v) is 46.2. The van der Waals surface area contributed by atoms with Gasteiger partial charge in [0.15, 0.2) is 0 Å². The highest BCUT2D eigenvalue weighted by atomic mass is 32.2. The van der Waals surface area contributed by atoms with Crippen LogP contribution in [-0.4, -0.2) is 184 Å². The quantitative estimate of drug-likeness (QED) is 0.0300. The van der Waals surface area contributed by atoms with Crippen LogP contribution in [0.3, 0.4) is 0 Å². The molecule has 2 saturated heterocycles. The fourth-order valence-corrected chi connectivity index (χ4v) is 9.57. The van der Waals surface area contributed by atoms with E-state index in [2.05, 4.69) is 37.2 Å². The molecule has 3 heterocycles. The molecule has 0 unspecified atom stereocenters. The van der Waals surface area contributed by atoms with E-state index in [0.29, 0.717) is 68.5 Å². The van der Waals surface area contributed by atoms with E-state index in [1.54, 1.807) is 23.5 Å². The average molecular weight is 1100 g/mol. The summed E-state index contributed by atoms with van der Waals surface area (Å²) in [5.74, 6) is -0.106. The predicted octanol–water partition coefficient (Wildman–Crippen LogP) is -0.882. The molecular weight excluding hydrogens is 1010 g/mol. The second kappa shape index (κ2) is 39.0. The van der Waals surface area contributed by atoms with Crippen LogP contribution in [0.1, 0.15) is 116 Å². The van der Waals surface area contributed by atoms with Crippen LogP contribution in [0, 0.1) is 11.8 Å². The number of nitrogens with two attached hydrogens (primary N) is 3. The van der Waals surface area contributed by atoms with Crippen molar-refractivity contribution < 1.29 is 63.5 Å². The maximum atomic E-state index is 13.8. The van der Waals surface area contributed by atoms with Gasteiger partial charge in [0.2, 0.25) is 41.4 Å². The van der Waals surface area contributed by atoms with E-state index in [9.17, 15) is 48.6 Å². The van der Waals surface area contributed by atoms with Crippen molar-refractivity contribution in [3.63, 3.8) is 0 Å². The molecule has 0 bridgehead atoms. The maximum absolute atomic E-state index is 13.8. The molecule has 1 aromatic rings. The number of aliphatic hydroxyl groups is 4. The number of aldehydes is 1. The first-order chi connectivity index (χ1) is 35.7. The van der Waals surface area contributed by atoms with Gasteiger partial charge in [-0.2, -0.15) is 23.5 Å². The Hall–Kier alpha value is -4.47. The van der Waals surface area contributed by atoms with Crippen LogP contribution in [0.2, 0.25) is 0 Å². The van der Waals surface area contributed by atoms with Crippen LogP contribution < -0.4 is 43.8 Å². The largest absolute Gasteiger partial charge is 0.394 e. The second-order valence-electron chi connectivity index (χ2n) is 19.0. The summed E-state index contributed by atoms with van der Waals surface area (Å²) < 4.78 is 5.53. The van der Waals surface area contributed by atoms with Crippen molar-refractivity contribution in [3.8, 4) is 0 Å². The van der Waals surface area contributed by atoms with E-state index in [-0.39, 0.29) is 80.7 Å². The molecule has 0 spiro atoms. The summed E-state index contributed by atoms with van der Waals surface area (Å²) in [7, 11) is 1.50. The summed E-state index contributed by atoms with van der Waals surface area (Å²) in [6.45, 7) is 9.77. The smallest absolute Gasteiger partial charge is 0.246 e. The Morgan fingerprint density at radius 2 is 1.47 bits per heavy atom. The SMILES string of the molecule is CC[C@H](C)[C@H](NC(=O)[C@H](CC(C)C)NC(=O)C1(NC(=O)CCSCc2cccc(CSCCC(=O)NC3CCN(CC=O)CC3)n2)CCOCC1)C(N)=O.CN.NC(=O)CCCC(=O)NCC[C@@H](O)[C@H](O)[C@H](O)CO. The lowest BCUT2D eigenvalue weighted by molar-refractivity contribution is -0.140. The molecule has 0 aromatic carbocycles. The lowest BCUT2D eigenvalue weighted by Gasteiger charge is -2.38. The number of primary amides is 2. The minimum absolute atomic E-state index is 0.0415. The first-order valence-electron chi connectivity index (χ1n) is 25.9. The van der Waals surface area contributed by atoms with E-state index >= 15 is 0 Å². The van der Waals surface area contributed by atoms with E-state index < -0.39 is 66.2 Å². The van der Waals surface area contributed by atoms with Crippen molar-refractivity contribution in [1.82, 2.24) is 36.5 Å². The number of thioether (sulfide) groups is 2. The summed E-state index contributed by atoms with van der Waals surface area (Å²) in [6.07, 6.45) is 1.37. The topological polar surface area (TPSA) is 381 Å². The number of hydrogen-bond donors (Lipinski definition) is 12. The Kier molecular flexibility index (Phi) is 35.6. The van der Waals surface area contributed by atoms with E-state index in [1.165, 1.54) is 7.05 Å². The van der Waals surface area contributed by atoms with Gasteiger partial charge in [-0.05, 0) is 63.1 Å². The number of aromatic nitrogens is 1. The number of hydrogen-bond acceptors (Lipinski definition) is 18. The number of carbonyl (C=O) groups is 8. The van der Waals surface area contributed by atoms with Crippen molar-refractivity contribution in [2.75, 3.05) is 64.6 Å². The third-order valence-electron chi connectivity index (χ3n) is 12.5. The molecule has 0 radical (unpaired) electrons. The van der Waals surface area contributed by atoms with Gasteiger partial charge in [-0.15, -0.1) is 0 Å². The number of rotatable bonds is 33. The molecule has 0 aliphatic carbocycles. The van der Waals surface area contributed by atoms with E-state index in [1.807, 2.05) is 45.9 Å². The molecule has 23 nitrogen and oxygen atoms in total. The van der Waals surface area contributed by atoms with Crippen LogP contribution in [0.25, 0.3) is 0 Å². The molecule has 2 fully saturated rings. The average Bonchev–Trinajstić information content (AvgIpc) is 3.38. The molecule has 7 amide bonds. The zero-order chi connectivity index (χ0) is 56.3. The molecule has 3 rings (SSSR count). The minimum atomic E-state index is -1.46. The highest BCUT2D eigenvalue weighted by Crippen LogP contribution is 2.24. The number of ether oxygens (including phenoxy) is 1. The number of carbonyl (C=O) groups excluding carboxylic acids is 8. The summed E-state index contributed by atoms with van der Waals surface area (Å²) >= 11 is 3.24. The van der Waals surface area contributed by atoms with Gasteiger partial charge in [-0.25, -0.2) is 0 Å². The number of nitrogens with one attached hydrogen (secondary N) is 5. The summed E-state index contributed by atoms with van der Waals surface area (Å²) in [5.41, 5.74) is 15.6. The molecule has 15 N–H and O–H groups in total. The summed E-state index contributed by atoms with van der Waals surface area (Å²) in [5, 5.41) is 50.7. The number of piperidine rings is 1. The Bertz CT molecular complexity index is 1880. The Labute approximate surface area is 450 Å². The van der Waals surface area contributed by atoms with Gasteiger partial charge in [0.05, 0.1) is 30.6 Å². The van der Waals surface area contributed by atoms with Crippen LogP contribution in [0.4, 0.5) is 0 Å². The number of likely N-dealkylation sites (tertiary alicyclic amines) is 1. The third kappa shape index (κ3) is 28.5. The molecule has 428 valence electrons. The van der Waals surface area contributed by atoms with Gasteiger partial charge in [-0.1, -0.05) is 40.2 Å². The van der Waals surface area contributed by atoms with Gasteiger partial charge in [0.25, 0.3) is 0 Å². The highest BCUT2D eigenvalue weighted by Gasteiger charge is 2.43. The maximum Gasteiger partial charge on any atom is 0.246 e. The third-order valence-corrected chi connectivity index (χ3v) is 14.5. The molecule has 2 aliphatic rings. The Morgan fingerprint density at radius 3 is 2.00 bits per heavy atom. The van der Waals surface area contributed by atoms with Gasteiger partial charge in [0, 0.05) is 100 Å². The molecule has 75 heavy (non-hydrogen) atoms. The van der Waals surface area contributed by atoms with Crippen molar-refractivity contribution in [1.29, 1.82) is 0 Å². The number of amides is 7. The molecule has 1 aromatic heterocycles. The monoisotopic (exact) mass is 1100 g/mol. The van der Waals surface area contributed by atoms with Gasteiger partial charge in [-0.3, -0.25) is 43.4 Å². The van der Waals surface area contributed by atoms with Gasteiger partial charge < -0.3 is 73.7 Å². The first kappa shape index (κ1) is 68.5. The van der Waals surface area contributed by atoms with Crippen molar-refractivity contribution in [2.45, 2.75) is 158 Å². The number of pyridine rings is 1. The Balaban J connectivity index is 0.00000113. The van der Waals surface area contributed by atoms with Crippen molar-refractivity contribution in [3.05, 3.63) is 29.6 Å². The normalized spacial score (nSPS) is 16.9. The number of nitrogens with zero attached hydrogens (tertiary/aromatic N) is 2. The van der Waals surface area contributed by atoms with E-state index in [4.69, 9.17) is 31.4 Å². The van der Waals surface area contributed by atoms with Gasteiger partial charge in [0.1, 0.15) is 36.1 Å². The van der Waals surface area contributed by atoms with Crippen LogP contribution >= 0.6 is 23.5 Å². The Morgan fingerprint density at radius 1 is 0.867 bits per heavy atom. The van der Waals surface area contributed by atoms with Crippen LogP contribution in [0.5, 0.6) is 0 Å². The molecule has 0 saturated carbocycles. The van der Waals surface area contributed by atoms with Gasteiger partial charge >= 0.3 is 0 Å². The molecular formula is C50H88N10O13S2. The predicted molar refractivity (Wildman–Crippen MR) is 288 cm³/mol. The molecule has 2 aliphatic heterocycles. The second-order valence-corrected chi connectivity index (χ2v) is 21.2. The number of aliphatic hydroxyl groups excluding tert-OH is 4. The van der Waals surface area contributed by atoms with Crippen LogP contribution in [0.15, 0.2) is 18.2 Å². The van der Waals surface area contributed by atoms with Crippen LogP contribution in [-0.2, 0) is 54.6 Å². The first-order valence-corrected chi connectivity index (χ1v) is 28.2. The fourth-order valence-electron chi connectivity index (χ4n) is 7.89. The lowest BCUT2D eigenvalue weighted by Crippen LogP contribution is -2.64. The fraction of sp³-hybridized carbons (Fsp3) is 0.740.